The lowest BCUT2D eigenvalue weighted by atomic mass is 10.1. The molecule has 0 aliphatic heterocycles. The number of hydrogen-bond acceptors (Lipinski definition) is 3. The zero-order chi connectivity index (χ0) is 22.6. The second-order valence-corrected chi connectivity index (χ2v) is 6.36. The lowest BCUT2D eigenvalue weighted by Crippen LogP contribution is -2.14. The first-order chi connectivity index (χ1) is 14.7. The van der Waals surface area contributed by atoms with Crippen molar-refractivity contribution in [2.45, 2.75) is 6.18 Å². The second-order valence-electron chi connectivity index (χ2n) is 6.36. The van der Waals surface area contributed by atoms with Crippen LogP contribution in [0.1, 0.15) is 21.6 Å². The number of alkyl halides is 3. The molecule has 0 atom stereocenters. The van der Waals surface area contributed by atoms with Gasteiger partial charge in [-0.15, -0.1) is 0 Å². The van der Waals surface area contributed by atoms with Crippen LogP contribution in [-0.2, 0) is 11.0 Å². The highest BCUT2D eigenvalue weighted by Crippen LogP contribution is 2.30. The van der Waals surface area contributed by atoms with E-state index in [1.54, 1.807) is 41.1 Å². The van der Waals surface area contributed by atoms with Crippen LogP contribution in [-0.4, -0.2) is 21.6 Å². The molecular weight excluding hydrogens is 411 g/mol. The summed E-state index contributed by atoms with van der Waals surface area (Å²) in [7, 11) is 0. The summed E-state index contributed by atoms with van der Waals surface area (Å²) in [6.07, 6.45) is -1.62. The topological polar surface area (TPSA) is 95.1 Å². The van der Waals surface area contributed by atoms with Gasteiger partial charge < -0.3 is 15.0 Å². The first-order valence-corrected chi connectivity index (χ1v) is 8.80. The molecule has 0 aliphatic rings. The Balaban J connectivity index is 1.86. The molecule has 0 saturated carbocycles. The van der Waals surface area contributed by atoms with Gasteiger partial charge in [-0.1, -0.05) is 6.07 Å². The molecule has 156 valence electrons. The van der Waals surface area contributed by atoms with E-state index in [-0.39, 0.29) is 16.8 Å². The van der Waals surface area contributed by atoms with Crippen LogP contribution in [0, 0.1) is 11.3 Å². The maximum absolute atomic E-state index is 12.8. The van der Waals surface area contributed by atoms with Gasteiger partial charge in [0.1, 0.15) is 11.6 Å². The van der Waals surface area contributed by atoms with Crippen molar-refractivity contribution >= 4 is 23.6 Å². The average Bonchev–Trinajstić information content (AvgIpc) is 3.19. The number of nitrogens with one attached hydrogen (secondary N) is 1. The zero-order valence-electron chi connectivity index (χ0n) is 15.7. The third-order valence-electron chi connectivity index (χ3n) is 4.28. The van der Waals surface area contributed by atoms with Crippen LogP contribution in [0.2, 0.25) is 0 Å². The number of nitrogens with zero attached hydrogens (tertiary/aromatic N) is 2. The number of carboxylic acids is 1. The molecule has 1 amide bonds. The van der Waals surface area contributed by atoms with Gasteiger partial charge in [0.2, 0.25) is 0 Å². The van der Waals surface area contributed by atoms with Crippen molar-refractivity contribution in [2.75, 3.05) is 5.32 Å². The predicted octanol–water partition coefficient (Wildman–Crippen LogP) is 4.74. The lowest BCUT2D eigenvalue weighted by molar-refractivity contribution is -0.137. The molecule has 3 rings (SSSR count). The number of nitriles is 1. The van der Waals surface area contributed by atoms with Gasteiger partial charge in [-0.3, -0.25) is 4.79 Å². The van der Waals surface area contributed by atoms with Crippen LogP contribution < -0.4 is 5.32 Å². The molecule has 0 spiro atoms. The Morgan fingerprint density at radius 1 is 1.06 bits per heavy atom. The van der Waals surface area contributed by atoms with E-state index >= 15 is 0 Å². The van der Waals surface area contributed by atoms with Crippen LogP contribution in [0.4, 0.5) is 18.9 Å². The molecule has 2 aromatic carbocycles. The van der Waals surface area contributed by atoms with E-state index < -0.39 is 23.6 Å². The van der Waals surface area contributed by atoms with Crippen molar-refractivity contribution in [2.24, 2.45) is 0 Å². The Morgan fingerprint density at radius 3 is 2.39 bits per heavy atom. The third kappa shape index (κ3) is 5.00. The fourth-order valence-electron chi connectivity index (χ4n) is 2.78. The van der Waals surface area contributed by atoms with E-state index in [9.17, 15) is 28.0 Å². The van der Waals surface area contributed by atoms with Gasteiger partial charge in [0.25, 0.3) is 5.91 Å². The molecule has 31 heavy (non-hydrogen) atoms. The summed E-state index contributed by atoms with van der Waals surface area (Å²) in [5.74, 6) is -1.94. The number of hydrogen-bond donors (Lipinski definition) is 2. The number of aromatic nitrogens is 1. The number of carbonyl (C=O) groups excluding carboxylic acids is 1. The lowest BCUT2D eigenvalue weighted by Gasteiger charge is -2.10. The highest BCUT2D eigenvalue weighted by atomic mass is 19.4. The van der Waals surface area contributed by atoms with Crippen molar-refractivity contribution < 1.29 is 27.9 Å². The molecular formula is C22H14F3N3O3. The van der Waals surface area contributed by atoms with E-state index in [2.05, 4.69) is 5.32 Å². The molecule has 0 saturated heterocycles. The Morgan fingerprint density at radius 2 is 1.77 bits per heavy atom. The smallest absolute Gasteiger partial charge is 0.416 e. The number of carbonyl (C=O) groups is 2. The van der Waals surface area contributed by atoms with Gasteiger partial charge in [0.05, 0.1) is 11.1 Å². The van der Waals surface area contributed by atoms with E-state index in [0.29, 0.717) is 11.4 Å². The zero-order valence-corrected chi connectivity index (χ0v) is 15.7. The van der Waals surface area contributed by atoms with E-state index in [1.165, 1.54) is 24.3 Å². The fraction of sp³-hybridized carbons (Fsp3) is 0.0455. The van der Waals surface area contributed by atoms with E-state index in [1.807, 2.05) is 0 Å². The van der Waals surface area contributed by atoms with Gasteiger partial charge in [-0.2, -0.15) is 18.4 Å². The minimum Gasteiger partial charge on any atom is -0.478 e. The Kier molecular flexibility index (Phi) is 5.93. The number of rotatable bonds is 5. The molecule has 2 N–H and O–H groups in total. The van der Waals surface area contributed by atoms with Gasteiger partial charge in [-0.25, -0.2) is 4.79 Å². The molecule has 0 bridgehead atoms. The van der Waals surface area contributed by atoms with Crippen LogP contribution in [0.15, 0.2) is 72.4 Å². The molecule has 6 nitrogen and oxygen atoms in total. The molecule has 0 fully saturated rings. The summed E-state index contributed by atoms with van der Waals surface area (Å²) in [4.78, 5) is 23.4. The van der Waals surface area contributed by atoms with Gasteiger partial charge in [0, 0.05) is 23.3 Å². The first kappa shape index (κ1) is 21.4. The molecule has 0 aliphatic carbocycles. The highest BCUT2D eigenvalue weighted by molar-refractivity contribution is 6.09. The van der Waals surface area contributed by atoms with Crippen molar-refractivity contribution in [1.29, 1.82) is 5.26 Å². The maximum Gasteiger partial charge on any atom is 0.416 e. The molecule has 1 aromatic heterocycles. The number of aromatic carboxylic acids is 1. The van der Waals surface area contributed by atoms with Crippen LogP contribution in [0.25, 0.3) is 11.8 Å². The minimum atomic E-state index is -4.56. The highest BCUT2D eigenvalue weighted by Gasteiger charge is 2.30. The first-order valence-electron chi connectivity index (χ1n) is 8.80. The number of benzene rings is 2. The van der Waals surface area contributed by atoms with E-state index in [0.717, 1.165) is 18.2 Å². The summed E-state index contributed by atoms with van der Waals surface area (Å²) in [5, 5.41) is 20.7. The average molecular weight is 425 g/mol. The Labute approximate surface area is 174 Å². The van der Waals surface area contributed by atoms with Crippen molar-refractivity contribution in [1.82, 2.24) is 4.57 Å². The quantitative estimate of drug-likeness (QED) is 0.456. The minimum absolute atomic E-state index is 0.0967. The molecule has 9 heteroatoms. The summed E-state index contributed by atoms with van der Waals surface area (Å²) in [6.45, 7) is 0. The summed E-state index contributed by atoms with van der Waals surface area (Å²) >= 11 is 0. The molecule has 3 aromatic rings. The molecule has 1 heterocycles. The SMILES string of the molecule is N#C/C(=C/c1cccn1-c1ccc(C(=O)O)cc1)C(=O)Nc1cccc(C(F)(F)F)c1. The van der Waals surface area contributed by atoms with Crippen molar-refractivity contribution in [3.8, 4) is 11.8 Å². The van der Waals surface area contributed by atoms with Crippen LogP contribution in [0.3, 0.4) is 0 Å². The van der Waals surface area contributed by atoms with E-state index in [4.69, 9.17) is 5.11 Å². The van der Waals surface area contributed by atoms with Crippen molar-refractivity contribution in [3.05, 3.63) is 89.3 Å². The third-order valence-corrected chi connectivity index (χ3v) is 4.28. The van der Waals surface area contributed by atoms with Crippen LogP contribution in [0.5, 0.6) is 0 Å². The number of carboxylic acid groups (broad SMARTS) is 1. The number of halogens is 3. The van der Waals surface area contributed by atoms with Gasteiger partial charge in [0.15, 0.2) is 0 Å². The van der Waals surface area contributed by atoms with Crippen molar-refractivity contribution in [3.63, 3.8) is 0 Å². The molecule has 0 unspecified atom stereocenters. The second kappa shape index (κ2) is 8.59. The van der Waals surface area contributed by atoms with Gasteiger partial charge in [-0.05, 0) is 60.7 Å². The largest absolute Gasteiger partial charge is 0.478 e. The summed E-state index contributed by atoms with van der Waals surface area (Å²) in [6, 6.07) is 15.1. The fourth-order valence-corrected chi connectivity index (χ4v) is 2.78. The normalized spacial score (nSPS) is 11.6. The summed E-state index contributed by atoms with van der Waals surface area (Å²) in [5.41, 5.74) is -0.201. The van der Waals surface area contributed by atoms with Gasteiger partial charge >= 0.3 is 12.1 Å². The summed E-state index contributed by atoms with van der Waals surface area (Å²) < 4.78 is 40.2. The standard InChI is InChI=1S/C22H14F3N3O3/c23-22(24,25)16-3-1-4-17(12-16)27-20(29)15(13-26)11-19-5-2-10-28(19)18-8-6-14(7-9-18)21(30)31/h1-12H,(H,27,29)(H,30,31)/b15-11-. The molecule has 0 radical (unpaired) electrons. The Bertz CT molecular complexity index is 1200. The monoisotopic (exact) mass is 425 g/mol. The van der Waals surface area contributed by atoms with Crippen LogP contribution >= 0.6 is 0 Å². The number of anilines is 1. The maximum atomic E-state index is 12.8. The predicted molar refractivity (Wildman–Crippen MR) is 106 cm³/mol. The Hall–Kier alpha value is -4.32. The number of amides is 1.